The monoisotopic (exact) mass is 236 g/mol. The largest absolute Gasteiger partial charge is 0.370 e. The molecule has 17 heavy (non-hydrogen) atoms. The highest BCUT2D eigenvalue weighted by Gasteiger charge is 2.34. The van der Waals surface area contributed by atoms with E-state index in [-0.39, 0.29) is 0 Å². The predicted octanol–water partition coefficient (Wildman–Crippen LogP) is 1.09. The molecule has 4 nitrogen and oxygen atoms in total. The molecule has 4 heteroatoms. The summed E-state index contributed by atoms with van der Waals surface area (Å²) in [6, 6.07) is 1.46. The highest BCUT2D eigenvalue weighted by molar-refractivity contribution is 5.77. The lowest BCUT2D eigenvalue weighted by molar-refractivity contribution is 0.144. The second kappa shape index (κ2) is 6.05. The minimum absolute atomic E-state index is 0.547. The van der Waals surface area contributed by atoms with Crippen molar-refractivity contribution in [3.05, 3.63) is 12.7 Å². The number of piperidine rings is 1. The van der Waals surface area contributed by atoms with Gasteiger partial charge in [-0.3, -0.25) is 9.89 Å². The van der Waals surface area contributed by atoms with Crippen molar-refractivity contribution in [2.24, 2.45) is 10.7 Å². The third-order valence-corrected chi connectivity index (χ3v) is 3.59. The van der Waals surface area contributed by atoms with Crippen LogP contribution in [0.25, 0.3) is 0 Å². The molecular formula is C13H24N4. The number of aliphatic imine (C=N–C) groups is 1. The standard InChI is InChI=1S/C13H24N4/c1-2-8-15-13(14)16-10-12-5-3-4-9-17(12)11-6-7-11/h2,11-12H,1,3-10H2,(H3,14,15,16). The maximum Gasteiger partial charge on any atom is 0.188 e. The van der Waals surface area contributed by atoms with Crippen molar-refractivity contribution in [2.75, 3.05) is 19.6 Å². The van der Waals surface area contributed by atoms with Gasteiger partial charge in [0, 0.05) is 18.6 Å². The highest BCUT2D eigenvalue weighted by Crippen LogP contribution is 2.32. The third-order valence-electron chi connectivity index (χ3n) is 3.59. The van der Waals surface area contributed by atoms with Crippen molar-refractivity contribution in [2.45, 2.75) is 44.2 Å². The molecule has 96 valence electrons. The third kappa shape index (κ3) is 3.73. The molecule has 0 aromatic rings. The minimum Gasteiger partial charge on any atom is -0.370 e. The second-order valence-electron chi connectivity index (χ2n) is 5.01. The summed E-state index contributed by atoms with van der Waals surface area (Å²) in [5, 5.41) is 3.02. The molecule has 2 aliphatic rings. The van der Waals surface area contributed by atoms with Crippen LogP contribution in [0, 0.1) is 0 Å². The van der Waals surface area contributed by atoms with Gasteiger partial charge in [-0.1, -0.05) is 12.5 Å². The van der Waals surface area contributed by atoms with E-state index in [1.54, 1.807) is 6.08 Å². The van der Waals surface area contributed by atoms with Gasteiger partial charge in [0.1, 0.15) is 0 Å². The number of nitrogens with two attached hydrogens (primary N) is 1. The van der Waals surface area contributed by atoms with Crippen LogP contribution < -0.4 is 11.1 Å². The van der Waals surface area contributed by atoms with Gasteiger partial charge in [0.25, 0.3) is 0 Å². The van der Waals surface area contributed by atoms with Crippen LogP contribution in [-0.4, -0.2) is 42.6 Å². The zero-order chi connectivity index (χ0) is 12.1. The van der Waals surface area contributed by atoms with Crippen molar-refractivity contribution in [3.63, 3.8) is 0 Å². The zero-order valence-corrected chi connectivity index (χ0v) is 10.6. The van der Waals surface area contributed by atoms with Crippen LogP contribution in [-0.2, 0) is 0 Å². The molecule has 0 bridgehead atoms. The maximum absolute atomic E-state index is 5.79. The predicted molar refractivity (Wildman–Crippen MR) is 72.1 cm³/mol. The number of nitrogens with zero attached hydrogens (tertiary/aromatic N) is 2. The number of likely N-dealkylation sites (tertiary alicyclic amines) is 1. The van der Waals surface area contributed by atoms with E-state index < -0.39 is 0 Å². The van der Waals surface area contributed by atoms with E-state index in [1.165, 1.54) is 38.6 Å². The Bertz CT molecular complexity index is 283. The Morgan fingerprint density at radius 2 is 2.24 bits per heavy atom. The van der Waals surface area contributed by atoms with Crippen LogP contribution in [0.1, 0.15) is 32.1 Å². The van der Waals surface area contributed by atoms with E-state index in [2.05, 4.69) is 21.8 Å². The fourth-order valence-electron chi connectivity index (χ4n) is 2.54. The fraction of sp³-hybridized carbons (Fsp3) is 0.769. The summed E-state index contributed by atoms with van der Waals surface area (Å²) in [5.41, 5.74) is 5.79. The van der Waals surface area contributed by atoms with Crippen LogP contribution in [0.3, 0.4) is 0 Å². The van der Waals surface area contributed by atoms with Crippen LogP contribution in [0.4, 0.5) is 0 Å². The van der Waals surface area contributed by atoms with E-state index in [0.29, 0.717) is 18.5 Å². The first-order valence-corrected chi connectivity index (χ1v) is 6.71. The normalized spacial score (nSPS) is 26.8. The Balaban J connectivity index is 1.80. The molecule has 1 aliphatic carbocycles. The lowest BCUT2D eigenvalue weighted by Crippen LogP contribution is -2.43. The van der Waals surface area contributed by atoms with Crippen molar-refractivity contribution < 1.29 is 0 Å². The second-order valence-corrected chi connectivity index (χ2v) is 5.01. The number of guanidine groups is 1. The summed E-state index contributed by atoms with van der Waals surface area (Å²) >= 11 is 0. The van der Waals surface area contributed by atoms with E-state index in [0.717, 1.165) is 12.6 Å². The van der Waals surface area contributed by atoms with Gasteiger partial charge in [-0.25, -0.2) is 0 Å². The van der Waals surface area contributed by atoms with Crippen molar-refractivity contribution in [1.82, 2.24) is 10.2 Å². The molecule has 1 saturated heterocycles. The molecule has 0 spiro atoms. The number of hydrogen-bond acceptors (Lipinski definition) is 2. The molecule has 1 saturated carbocycles. The van der Waals surface area contributed by atoms with Crippen LogP contribution in [0.5, 0.6) is 0 Å². The molecule has 2 fully saturated rings. The van der Waals surface area contributed by atoms with Gasteiger partial charge in [0.2, 0.25) is 0 Å². The van der Waals surface area contributed by atoms with Gasteiger partial charge < -0.3 is 11.1 Å². The first-order chi connectivity index (χ1) is 8.31. The van der Waals surface area contributed by atoms with Gasteiger partial charge in [0.05, 0.1) is 6.54 Å². The Kier molecular flexibility index (Phi) is 4.42. The molecule has 1 atom stereocenters. The Hall–Kier alpha value is -1.03. The molecule has 0 aromatic carbocycles. The van der Waals surface area contributed by atoms with Gasteiger partial charge >= 0.3 is 0 Å². The molecular weight excluding hydrogens is 212 g/mol. The van der Waals surface area contributed by atoms with Crippen LogP contribution >= 0.6 is 0 Å². The van der Waals surface area contributed by atoms with Crippen LogP contribution in [0.15, 0.2) is 17.6 Å². The van der Waals surface area contributed by atoms with E-state index in [1.807, 2.05) is 0 Å². The van der Waals surface area contributed by atoms with E-state index >= 15 is 0 Å². The first kappa shape index (κ1) is 12.4. The average Bonchev–Trinajstić information content (AvgIpc) is 3.18. The molecule has 2 rings (SSSR count). The molecule has 3 N–H and O–H groups in total. The fourth-order valence-corrected chi connectivity index (χ4v) is 2.54. The van der Waals surface area contributed by atoms with Crippen molar-refractivity contribution >= 4 is 5.96 Å². The highest BCUT2D eigenvalue weighted by atomic mass is 15.2. The van der Waals surface area contributed by atoms with Gasteiger partial charge in [-0.2, -0.15) is 0 Å². The molecule has 1 unspecified atom stereocenters. The molecule has 0 amide bonds. The first-order valence-electron chi connectivity index (χ1n) is 6.71. The van der Waals surface area contributed by atoms with E-state index in [4.69, 9.17) is 5.73 Å². The molecule has 1 heterocycles. The number of rotatable bonds is 5. The molecule has 0 radical (unpaired) electrons. The summed E-state index contributed by atoms with van der Waals surface area (Å²) < 4.78 is 0. The summed E-state index contributed by atoms with van der Waals surface area (Å²) in [6.07, 6.45) is 8.51. The van der Waals surface area contributed by atoms with Gasteiger partial charge in [-0.15, -0.1) is 6.58 Å². The van der Waals surface area contributed by atoms with E-state index in [9.17, 15) is 0 Å². The quantitative estimate of drug-likeness (QED) is 0.427. The lowest BCUT2D eigenvalue weighted by atomic mass is 10.0. The SMILES string of the molecule is C=CCNC(N)=NCC1CCCCN1C1CC1. The Morgan fingerprint density at radius 1 is 1.41 bits per heavy atom. The van der Waals surface area contributed by atoms with Crippen molar-refractivity contribution in [3.8, 4) is 0 Å². The van der Waals surface area contributed by atoms with Gasteiger partial charge in [0.15, 0.2) is 5.96 Å². The Morgan fingerprint density at radius 3 is 2.94 bits per heavy atom. The maximum atomic E-state index is 5.79. The zero-order valence-electron chi connectivity index (χ0n) is 10.6. The summed E-state index contributed by atoms with van der Waals surface area (Å²) in [7, 11) is 0. The topological polar surface area (TPSA) is 53.6 Å². The van der Waals surface area contributed by atoms with Crippen molar-refractivity contribution in [1.29, 1.82) is 0 Å². The summed E-state index contributed by atoms with van der Waals surface area (Å²) in [6.45, 7) is 6.43. The Labute approximate surface area is 104 Å². The average molecular weight is 236 g/mol. The van der Waals surface area contributed by atoms with Gasteiger partial charge in [-0.05, 0) is 32.2 Å². The number of nitrogens with one attached hydrogen (secondary N) is 1. The van der Waals surface area contributed by atoms with Crippen LogP contribution in [0.2, 0.25) is 0 Å². The number of hydrogen-bond donors (Lipinski definition) is 2. The summed E-state index contributed by atoms with van der Waals surface area (Å²) in [4.78, 5) is 7.09. The minimum atomic E-state index is 0.547. The molecule has 0 aromatic heterocycles. The molecule has 1 aliphatic heterocycles. The smallest absolute Gasteiger partial charge is 0.188 e. The summed E-state index contributed by atoms with van der Waals surface area (Å²) in [5.74, 6) is 0.547. The lowest BCUT2D eigenvalue weighted by Gasteiger charge is -2.35.